The van der Waals surface area contributed by atoms with Crippen molar-refractivity contribution in [2.75, 3.05) is 6.54 Å². The number of hydrogen-bond acceptors (Lipinski definition) is 2. The Labute approximate surface area is 142 Å². The number of aryl methyl sites for hydroxylation is 1. The molecule has 0 aliphatic rings. The fourth-order valence-electron chi connectivity index (χ4n) is 2.94. The van der Waals surface area contributed by atoms with Crippen molar-refractivity contribution in [2.45, 2.75) is 32.2 Å². The number of quaternary nitrogens is 1. The van der Waals surface area contributed by atoms with Gasteiger partial charge in [0.1, 0.15) is 11.8 Å². The number of benzene rings is 1. The number of thiophene rings is 1. The highest BCUT2D eigenvalue weighted by atomic mass is 32.1. The molecule has 0 unspecified atom stereocenters. The van der Waals surface area contributed by atoms with Gasteiger partial charge in [0.2, 0.25) is 0 Å². The molecular weight excluding hydrogens is 302 g/mol. The Kier molecular flexibility index (Phi) is 5.31. The molecule has 1 aromatic carbocycles. The third-order valence-electron chi connectivity index (χ3n) is 4.33. The van der Waals surface area contributed by atoms with Gasteiger partial charge in [-0.15, -0.1) is 11.3 Å². The largest absolute Gasteiger partial charge is 0.469 e. The lowest BCUT2D eigenvalue weighted by Gasteiger charge is -2.16. The van der Waals surface area contributed by atoms with Crippen molar-refractivity contribution in [3.63, 3.8) is 0 Å². The molecule has 0 bridgehead atoms. The molecule has 2 nitrogen and oxygen atoms in total. The molecule has 23 heavy (non-hydrogen) atoms. The van der Waals surface area contributed by atoms with Gasteiger partial charge in [0.05, 0.1) is 17.7 Å². The maximum absolute atomic E-state index is 5.70. The van der Waals surface area contributed by atoms with E-state index in [0.717, 1.165) is 18.7 Å². The summed E-state index contributed by atoms with van der Waals surface area (Å²) in [6.07, 6.45) is 2.85. The van der Waals surface area contributed by atoms with Gasteiger partial charge in [-0.1, -0.05) is 35.9 Å². The molecule has 0 spiro atoms. The molecule has 2 atom stereocenters. The Morgan fingerprint density at radius 3 is 2.57 bits per heavy atom. The van der Waals surface area contributed by atoms with E-state index in [2.05, 4.69) is 67.0 Å². The first kappa shape index (κ1) is 16.0. The maximum Gasteiger partial charge on any atom is 0.118 e. The van der Waals surface area contributed by atoms with Gasteiger partial charge in [-0.2, -0.15) is 0 Å². The van der Waals surface area contributed by atoms with E-state index in [-0.39, 0.29) is 0 Å². The molecule has 0 aliphatic heterocycles. The van der Waals surface area contributed by atoms with Gasteiger partial charge in [-0.25, -0.2) is 0 Å². The number of hydrogen-bond donors (Lipinski definition) is 1. The van der Waals surface area contributed by atoms with Crippen LogP contribution >= 0.6 is 11.3 Å². The van der Waals surface area contributed by atoms with Gasteiger partial charge in [0, 0.05) is 12.3 Å². The number of nitrogens with two attached hydrogens (primary N) is 1. The highest BCUT2D eigenvalue weighted by Gasteiger charge is 2.18. The lowest BCUT2D eigenvalue weighted by Crippen LogP contribution is -2.84. The van der Waals surface area contributed by atoms with Crippen molar-refractivity contribution in [2.24, 2.45) is 0 Å². The van der Waals surface area contributed by atoms with Crippen LogP contribution in [0.2, 0.25) is 0 Å². The Balaban J connectivity index is 1.66. The first-order valence-electron chi connectivity index (χ1n) is 8.20. The smallest absolute Gasteiger partial charge is 0.118 e. The van der Waals surface area contributed by atoms with Crippen LogP contribution in [0, 0.1) is 6.92 Å². The highest BCUT2D eigenvalue weighted by Crippen LogP contribution is 2.28. The molecule has 0 saturated heterocycles. The lowest BCUT2D eigenvalue weighted by atomic mass is 9.92. The van der Waals surface area contributed by atoms with E-state index < -0.39 is 0 Å². The van der Waals surface area contributed by atoms with Crippen molar-refractivity contribution < 1.29 is 9.73 Å². The van der Waals surface area contributed by atoms with Crippen molar-refractivity contribution in [1.29, 1.82) is 0 Å². The van der Waals surface area contributed by atoms with E-state index >= 15 is 0 Å². The van der Waals surface area contributed by atoms with Crippen LogP contribution in [-0.2, 0) is 0 Å². The van der Waals surface area contributed by atoms with Crippen molar-refractivity contribution in [3.8, 4) is 0 Å². The highest BCUT2D eigenvalue weighted by molar-refractivity contribution is 7.10. The standard InChI is InChI=1S/C20H23NOS/c1-15-7-9-17(10-8-15)18(19-5-3-13-22-19)11-12-21-16(2)20-6-4-14-23-20/h3-10,13-14,16,18,21H,11-12H2,1-2H3/p+1/t16-,18-/m1/s1. The summed E-state index contributed by atoms with van der Waals surface area (Å²) in [5.74, 6) is 1.39. The second kappa shape index (κ2) is 7.62. The average Bonchev–Trinajstić information content (AvgIpc) is 3.26. The maximum atomic E-state index is 5.70. The quantitative estimate of drug-likeness (QED) is 0.681. The summed E-state index contributed by atoms with van der Waals surface area (Å²) >= 11 is 1.84. The molecule has 120 valence electrons. The third-order valence-corrected chi connectivity index (χ3v) is 5.41. The molecular formula is C20H24NOS+. The van der Waals surface area contributed by atoms with Crippen LogP contribution in [0.4, 0.5) is 0 Å². The molecule has 3 rings (SSSR count). The first-order valence-corrected chi connectivity index (χ1v) is 9.08. The van der Waals surface area contributed by atoms with Crippen LogP contribution in [-0.4, -0.2) is 6.54 Å². The van der Waals surface area contributed by atoms with Crippen LogP contribution in [0.5, 0.6) is 0 Å². The Hall–Kier alpha value is -1.84. The van der Waals surface area contributed by atoms with Crippen molar-refractivity contribution in [3.05, 3.63) is 81.9 Å². The zero-order valence-corrected chi connectivity index (χ0v) is 14.6. The van der Waals surface area contributed by atoms with Gasteiger partial charge in [-0.05, 0) is 43.0 Å². The van der Waals surface area contributed by atoms with Crippen LogP contribution in [0.3, 0.4) is 0 Å². The predicted molar refractivity (Wildman–Crippen MR) is 95.9 cm³/mol. The molecule has 2 aromatic heterocycles. The van der Waals surface area contributed by atoms with Gasteiger partial charge >= 0.3 is 0 Å². The van der Waals surface area contributed by atoms with E-state index in [9.17, 15) is 0 Å². The average molecular weight is 326 g/mol. The summed E-state index contributed by atoms with van der Waals surface area (Å²) in [6, 6.07) is 17.8. The lowest BCUT2D eigenvalue weighted by molar-refractivity contribution is -0.692. The molecule has 0 aliphatic carbocycles. The zero-order valence-electron chi connectivity index (χ0n) is 13.7. The summed E-state index contributed by atoms with van der Waals surface area (Å²) < 4.78 is 5.70. The van der Waals surface area contributed by atoms with Gasteiger partial charge in [0.25, 0.3) is 0 Å². The van der Waals surface area contributed by atoms with Crippen LogP contribution in [0.25, 0.3) is 0 Å². The summed E-state index contributed by atoms with van der Waals surface area (Å²) in [5.41, 5.74) is 2.63. The summed E-state index contributed by atoms with van der Waals surface area (Å²) in [4.78, 5) is 1.44. The molecule has 0 saturated carbocycles. The van der Waals surface area contributed by atoms with E-state index in [1.165, 1.54) is 16.0 Å². The second-order valence-electron chi connectivity index (χ2n) is 6.10. The van der Waals surface area contributed by atoms with E-state index in [0.29, 0.717) is 12.0 Å². The monoisotopic (exact) mass is 326 g/mol. The SMILES string of the molecule is Cc1ccc([C@@H](CC[NH2+][C@H](C)c2cccs2)c2ccco2)cc1. The molecule has 0 radical (unpaired) electrons. The van der Waals surface area contributed by atoms with Crippen LogP contribution in [0.1, 0.15) is 47.1 Å². The number of rotatable bonds is 7. The minimum atomic E-state index is 0.331. The van der Waals surface area contributed by atoms with Gasteiger partial charge in [-0.3, -0.25) is 0 Å². The molecule has 2 heterocycles. The normalized spacial score (nSPS) is 13.8. The topological polar surface area (TPSA) is 29.8 Å². The summed E-state index contributed by atoms with van der Waals surface area (Å²) in [6.45, 7) is 5.49. The summed E-state index contributed by atoms with van der Waals surface area (Å²) in [7, 11) is 0. The van der Waals surface area contributed by atoms with Crippen molar-refractivity contribution in [1.82, 2.24) is 0 Å². The molecule has 3 heteroatoms. The van der Waals surface area contributed by atoms with Gasteiger partial charge in [0.15, 0.2) is 0 Å². The summed E-state index contributed by atoms with van der Waals surface area (Å²) in [5, 5.41) is 4.58. The van der Waals surface area contributed by atoms with E-state index in [4.69, 9.17) is 4.42 Å². The van der Waals surface area contributed by atoms with Crippen LogP contribution < -0.4 is 5.32 Å². The Morgan fingerprint density at radius 1 is 1.09 bits per heavy atom. The third kappa shape index (κ3) is 4.12. The fourth-order valence-corrected chi connectivity index (χ4v) is 3.72. The molecule has 2 N–H and O–H groups in total. The Morgan fingerprint density at radius 2 is 1.91 bits per heavy atom. The van der Waals surface area contributed by atoms with E-state index in [1.54, 1.807) is 6.26 Å². The predicted octanol–water partition coefficient (Wildman–Crippen LogP) is 4.50. The fraction of sp³-hybridized carbons (Fsp3) is 0.300. The van der Waals surface area contributed by atoms with Crippen LogP contribution in [0.15, 0.2) is 64.6 Å². The minimum absolute atomic E-state index is 0.331. The molecule has 3 aromatic rings. The minimum Gasteiger partial charge on any atom is -0.469 e. The molecule has 0 amide bonds. The number of furan rings is 1. The Bertz CT molecular complexity index is 686. The van der Waals surface area contributed by atoms with E-state index in [1.807, 2.05) is 17.4 Å². The first-order chi connectivity index (χ1) is 11.2. The van der Waals surface area contributed by atoms with Crippen molar-refractivity contribution >= 4 is 11.3 Å². The second-order valence-corrected chi connectivity index (χ2v) is 7.08. The zero-order chi connectivity index (χ0) is 16.1. The molecule has 0 fully saturated rings. The van der Waals surface area contributed by atoms with Gasteiger partial charge < -0.3 is 9.73 Å².